The molecule has 1 aromatic heterocycles. The number of carbonyl (C=O) groups is 1. The van der Waals surface area contributed by atoms with E-state index in [-0.39, 0.29) is 29.8 Å². The smallest absolute Gasteiger partial charge is 0.154 e. The summed E-state index contributed by atoms with van der Waals surface area (Å²) >= 11 is 0. The lowest BCUT2D eigenvalue weighted by Gasteiger charge is -2.25. The zero-order chi connectivity index (χ0) is 16.0. The lowest BCUT2D eigenvalue weighted by Crippen LogP contribution is -2.35. The fourth-order valence-corrected chi connectivity index (χ4v) is 3.46. The molecule has 2 aliphatic rings. The number of rotatable bonds is 3. The van der Waals surface area contributed by atoms with Gasteiger partial charge in [0.15, 0.2) is 11.6 Å². The van der Waals surface area contributed by atoms with Gasteiger partial charge >= 0.3 is 0 Å². The van der Waals surface area contributed by atoms with E-state index in [9.17, 15) is 13.6 Å². The minimum Gasteiger partial charge on any atom is -0.379 e. The number of nitrogens with zero attached hydrogens (tertiary/aromatic N) is 2. The number of aromatic nitrogens is 2. The number of benzene rings is 1. The van der Waals surface area contributed by atoms with E-state index in [1.165, 1.54) is 0 Å². The van der Waals surface area contributed by atoms with Gasteiger partial charge in [0.25, 0.3) is 0 Å². The first kappa shape index (κ1) is 14.7. The molecule has 0 amide bonds. The molecule has 5 nitrogen and oxygen atoms in total. The second-order valence-corrected chi connectivity index (χ2v) is 6.19. The molecule has 1 unspecified atom stereocenters. The number of morpholine rings is 1. The van der Waals surface area contributed by atoms with Gasteiger partial charge < -0.3 is 14.5 Å². The number of ether oxygens (including phenoxy) is 1. The molecular formula is C16H17F2N3O2. The highest BCUT2D eigenvalue weighted by Crippen LogP contribution is 2.35. The van der Waals surface area contributed by atoms with Crippen LogP contribution in [-0.2, 0) is 28.9 Å². The Morgan fingerprint density at radius 1 is 1.22 bits per heavy atom. The maximum absolute atomic E-state index is 14.7. The van der Waals surface area contributed by atoms with Crippen LogP contribution in [0.3, 0.4) is 0 Å². The van der Waals surface area contributed by atoms with Gasteiger partial charge in [-0.1, -0.05) is 0 Å². The molecule has 0 bridgehead atoms. The number of fused-ring (bicyclic) bond motifs is 2. The van der Waals surface area contributed by atoms with E-state index in [1.54, 1.807) is 0 Å². The van der Waals surface area contributed by atoms with Crippen molar-refractivity contribution in [3.8, 4) is 0 Å². The van der Waals surface area contributed by atoms with Crippen LogP contribution in [0.2, 0.25) is 0 Å². The first-order valence-corrected chi connectivity index (χ1v) is 7.80. The first-order valence-electron chi connectivity index (χ1n) is 7.80. The van der Waals surface area contributed by atoms with Gasteiger partial charge in [-0.25, -0.2) is 13.8 Å². The van der Waals surface area contributed by atoms with Gasteiger partial charge in [-0.05, 0) is 24.0 Å². The third-order valence-electron chi connectivity index (χ3n) is 4.68. The van der Waals surface area contributed by atoms with E-state index in [0.717, 1.165) is 19.4 Å². The van der Waals surface area contributed by atoms with Crippen molar-refractivity contribution in [1.29, 1.82) is 0 Å². The number of carbonyl (C=O) groups excluding carboxylic acids is 1. The summed E-state index contributed by atoms with van der Waals surface area (Å²) in [6, 6.07) is 0. The van der Waals surface area contributed by atoms with Gasteiger partial charge in [-0.2, -0.15) is 0 Å². The topological polar surface area (TPSA) is 58.2 Å². The fraction of sp³-hybridized carbons (Fsp3) is 0.500. The van der Waals surface area contributed by atoms with Crippen molar-refractivity contribution in [3.63, 3.8) is 0 Å². The third-order valence-corrected chi connectivity index (χ3v) is 4.68. The van der Waals surface area contributed by atoms with Gasteiger partial charge in [0, 0.05) is 19.0 Å². The largest absolute Gasteiger partial charge is 0.379 e. The molecule has 7 heteroatoms. The van der Waals surface area contributed by atoms with Crippen molar-refractivity contribution in [2.75, 3.05) is 26.3 Å². The zero-order valence-corrected chi connectivity index (χ0v) is 12.6. The van der Waals surface area contributed by atoms with E-state index in [1.807, 2.05) is 0 Å². The Hall–Kier alpha value is -1.86. The molecule has 2 aromatic rings. The molecule has 122 valence electrons. The Morgan fingerprint density at radius 2 is 1.91 bits per heavy atom. The van der Waals surface area contributed by atoms with Crippen LogP contribution in [0.4, 0.5) is 8.78 Å². The summed E-state index contributed by atoms with van der Waals surface area (Å²) in [6.45, 7) is 3.38. The summed E-state index contributed by atoms with van der Waals surface area (Å²) in [6.07, 6.45) is 1.28. The van der Waals surface area contributed by atoms with Crippen molar-refractivity contribution >= 4 is 17.3 Å². The molecule has 2 heterocycles. The van der Waals surface area contributed by atoms with Gasteiger partial charge in [-0.15, -0.1) is 0 Å². The van der Waals surface area contributed by atoms with E-state index in [0.29, 0.717) is 36.7 Å². The number of H-pyrrole nitrogens is 1. The number of hydrogen-bond donors (Lipinski definition) is 1. The Kier molecular flexibility index (Phi) is 3.61. The van der Waals surface area contributed by atoms with Gasteiger partial charge in [0.05, 0.1) is 19.8 Å². The highest BCUT2D eigenvalue weighted by Gasteiger charge is 2.31. The van der Waals surface area contributed by atoms with Crippen molar-refractivity contribution < 1.29 is 18.3 Å². The van der Waals surface area contributed by atoms with E-state index in [4.69, 9.17) is 4.74 Å². The van der Waals surface area contributed by atoms with Gasteiger partial charge in [-0.3, -0.25) is 4.90 Å². The quantitative estimate of drug-likeness (QED) is 0.872. The highest BCUT2D eigenvalue weighted by molar-refractivity contribution is 5.80. The molecule has 0 saturated carbocycles. The standard InChI is InChI=1S/C16H17F2N3O2/c17-13-10-5-9(8-22)6-11(10)14(18)16-15(13)19-12(20-16)7-21-1-3-23-4-2-21/h8-9H,1-7H2,(H,19,20). The Labute approximate surface area is 131 Å². The molecule has 1 aromatic carbocycles. The summed E-state index contributed by atoms with van der Waals surface area (Å²) < 4.78 is 34.6. The Morgan fingerprint density at radius 3 is 2.61 bits per heavy atom. The van der Waals surface area contributed by atoms with Crippen LogP contribution in [0.1, 0.15) is 17.0 Å². The number of nitrogens with one attached hydrogen (secondary N) is 1. The summed E-state index contributed by atoms with van der Waals surface area (Å²) in [7, 11) is 0. The van der Waals surface area contributed by atoms with Crippen molar-refractivity contribution in [3.05, 3.63) is 28.6 Å². The van der Waals surface area contributed by atoms with Crippen LogP contribution in [0.25, 0.3) is 11.0 Å². The van der Waals surface area contributed by atoms with Crippen LogP contribution in [0.15, 0.2) is 0 Å². The molecule has 1 aliphatic heterocycles. The number of aromatic amines is 1. The average Bonchev–Trinajstić information content (AvgIpc) is 3.18. The summed E-state index contributed by atoms with van der Waals surface area (Å²) in [4.78, 5) is 20.2. The maximum Gasteiger partial charge on any atom is 0.154 e. The molecule has 23 heavy (non-hydrogen) atoms. The SMILES string of the molecule is O=CC1Cc2c(c(F)c3[nH]c(CN4CCOCC4)nc3c2F)C1. The van der Waals surface area contributed by atoms with Crippen molar-refractivity contribution in [2.24, 2.45) is 5.92 Å². The molecule has 1 fully saturated rings. The third kappa shape index (κ3) is 2.44. The lowest BCUT2D eigenvalue weighted by atomic mass is 10.1. The molecule has 0 radical (unpaired) electrons. The summed E-state index contributed by atoms with van der Waals surface area (Å²) in [5.41, 5.74) is 0.761. The number of imidazole rings is 1. The molecule has 4 rings (SSSR count). The molecule has 1 atom stereocenters. The highest BCUT2D eigenvalue weighted by atomic mass is 19.1. The molecule has 1 N–H and O–H groups in total. The number of halogens is 2. The molecule has 1 aliphatic carbocycles. The minimum absolute atomic E-state index is 0.0380. The molecular weight excluding hydrogens is 304 g/mol. The monoisotopic (exact) mass is 321 g/mol. The van der Waals surface area contributed by atoms with Crippen LogP contribution in [0.5, 0.6) is 0 Å². The van der Waals surface area contributed by atoms with Crippen LogP contribution < -0.4 is 0 Å². The van der Waals surface area contributed by atoms with E-state index in [2.05, 4.69) is 14.9 Å². The predicted molar refractivity (Wildman–Crippen MR) is 79.1 cm³/mol. The molecule has 1 saturated heterocycles. The number of aldehydes is 1. The van der Waals surface area contributed by atoms with Gasteiger partial charge in [0.1, 0.15) is 23.1 Å². The van der Waals surface area contributed by atoms with Gasteiger partial charge in [0.2, 0.25) is 0 Å². The number of hydrogen-bond acceptors (Lipinski definition) is 4. The van der Waals surface area contributed by atoms with Crippen molar-refractivity contribution in [1.82, 2.24) is 14.9 Å². The normalized spacial score (nSPS) is 19.4. The molecule has 0 spiro atoms. The average molecular weight is 321 g/mol. The Balaban J connectivity index is 1.71. The first-order chi connectivity index (χ1) is 11.2. The predicted octanol–water partition coefficient (Wildman–Crippen LogP) is 1.59. The second kappa shape index (κ2) is 5.65. The van der Waals surface area contributed by atoms with Crippen LogP contribution >= 0.6 is 0 Å². The van der Waals surface area contributed by atoms with Crippen molar-refractivity contribution in [2.45, 2.75) is 19.4 Å². The van der Waals surface area contributed by atoms with E-state index < -0.39 is 11.6 Å². The maximum atomic E-state index is 14.7. The fourth-order valence-electron chi connectivity index (χ4n) is 3.46. The lowest BCUT2D eigenvalue weighted by molar-refractivity contribution is -0.110. The summed E-state index contributed by atoms with van der Waals surface area (Å²) in [5, 5.41) is 0. The summed E-state index contributed by atoms with van der Waals surface area (Å²) in [5.74, 6) is -0.754. The van der Waals surface area contributed by atoms with Crippen LogP contribution in [-0.4, -0.2) is 47.5 Å². The van der Waals surface area contributed by atoms with Crippen LogP contribution in [0, 0.1) is 17.6 Å². The van der Waals surface area contributed by atoms with E-state index >= 15 is 0 Å². The second-order valence-electron chi connectivity index (χ2n) is 6.19. The zero-order valence-electron chi connectivity index (χ0n) is 12.6. The minimum atomic E-state index is -0.495. The Bertz CT molecular complexity index is 720.